The van der Waals surface area contributed by atoms with E-state index in [1.165, 1.54) is 6.42 Å². The number of hydrogen-bond donors (Lipinski definition) is 3. The van der Waals surface area contributed by atoms with Crippen LogP contribution in [0, 0.1) is 28.6 Å². The monoisotopic (exact) mass is 550 g/mol. The van der Waals surface area contributed by atoms with Crippen LogP contribution in [-0.2, 0) is 16.6 Å². The van der Waals surface area contributed by atoms with Crippen LogP contribution in [0.3, 0.4) is 0 Å². The summed E-state index contributed by atoms with van der Waals surface area (Å²) in [6.45, 7) is 4.75. The SMILES string of the molecule is Cn1ncc2cc(C(=O)N[C@@H]3[C@H]4CC[C@H](C4)[C@@H]3C(=O)NCC3(C)CCC3)cc(OC3CCC(C)(C(=O)O)CC3)c21. The number of nitrogens with one attached hydrogen (secondary N) is 2. The molecule has 0 radical (unpaired) electrons. The lowest BCUT2D eigenvalue weighted by Gasteiger charge is -2.39. The first kappa shape index (κ1) is 27.1. The van der Waals surface area contributed by atoms with Crippen molar-refractivity contribution in [3.05, 3.63) is 23.9 Å². The van der Waals surface area contributed by atoms with Gasteiger partial charge in [0.05, 0.1) is 23.6 Å². The average Bonchev–Trinajstić information content (AvgIpc) is 3.62. The fourth-order valence-electron chi connectivity index (χ4n) is 7.73. The molecule has 40 heavy (non-hydrogen) atoms. The lowest BCUT2D eigenvalue weighted by molar-refractivity contribution is -0.150. The Morgan fingerprint density at radius 1 is 1.07 bits per heavy atom. The van der Waals surface area contributed by atoms with Gasteiger partial charge in [-0.1, -0.05) is 13.3 Å². The molecule has 1 aromatic carbocycles. The van der Waals surface area contributed by atoms with Crippen LogP contribution >= 0.6 is 0 Å². The van der Waals surface area contributed by atoms with Crippen LogP contribution in [0.4, 0.5) is 0 Å². The molecule has 9 heteroatoms. The number of aromatic nitrogens is 2. The van der Waals surface area contributed by atoms with Gasteiger partial charge in [-0.25, -0.2) is 0 Å². The maximum atomic E-state index is 13.7. The number of carboxylic acids is 1. The highest BCUT2D eigenvalue weighted by molar-refractivity contribution is 6.00. The first-order chi connectivity index (χ1) is 19.1. The largest absolute Gasteiger partial charge is 0.488 e. The minimum absolute atomic E-state index is 0.0861. The smallest absolute Gasteiger partial charge is 0.309 e. The average molecular weight is 551 g/mol. The van der Waals surface area contributed by atoms with Gasteiger partial charge in [-0.15, -0.1) is 0 Å². The molecule has 0 saturated heterocycles. The zero-order valence-corrected chi connectivity index (χ0v) is 23.9. The molecule has 4 aliphatic carbocycles. The minimum atomic E-state index is -0.761. The highest BCUT2D eigenvalue weighted by Gasteiger charge is 2.51. The van der Waals surface area contributed by atoms with Crippen molar-refractivity contribution in [2.45, 2.75) is 90.2 Å². The van der Waals surface area contributed by atoms with Crippen molar-refractivity contribution < 1.29 is 24.2 Å². The lowest BCUT2D eigenvalue weighted by Crippen LogP contribution is -2.51. The number of ether oxygens (including phenoxy) is 1. The number of benzene rings is 1. The second kappa shape index (κ2) is 10.1. The highest BCUT2D eigenvalue weighted by Crippen LogP contribution is 2.49. The first-order valence-electron chi connectivity index (χ1n) is 15.0. The van der Waals surface area contributed by atoms with E-state index >= 15 is 0 Å². The van der Waals surface area contributed by atoms with Gasteiger partial charge < -0.3 is 20.5 Å². The maximum Gasteiger partial charge on any atom is 0.309 e. The van der Waals surface area contributed by atoms with Crippen LogP contribution in [0.2, 0.25) is 0 Å². The number of carbonyl (C=O) groups is 3. The summed E-state index contributed by atoms with van der Waals surface area (Å²) in [6.07, 6.45) is 10.6. The van der Waals surface area contributed by atoms with E-state index in [4.69, 9.17) is 4.74 Å². The number of aryl methyl sites for hydroxylation is 1. The molecule has 1 aromatic heterocycles. The van der Waals surface area contributed by atoms with E-state index in [9.17, 15) is 19.5 Å². The van der Waals surface area contributed by atoms with E-state index in [1.54, 1.807) is 23.9 Å². The standard InChI is InChI=1S/C31H42N4O5/c1-30(9-4-10-30)17-32-28(37)24-18-5-6-19(13-18)25(24)34-27(36)20-14-21-16-33-35(3)26(21)23(15-20)40-22-7-11-31(2,12-8-22)29(38)39/h14-16,18-19,22,24-25H,4-13,17H2,1-3H3,(H,32,37)(H,34,36)(H,38,39)/t18-,19+,22?,24+,25-,31?/m1/s1. The number of aliphatic carboxylic acids is 1. The molecule has 216 valence electrons. The molecule has 4 aliphatic rings. The number of carbonyl (C=O) groups excluding carboxylic acids is 2. The van der Waals surface area contributed by atoms with Gasteiger partial charge in [-0.3, -0.25) is 19.1 Å². The molecular weight excluding hydrogens is 508 g/mol. The molecule has 4 fully saturated rings. The summed E-state index contributed by atoms with van der Waals surface area (Å²) >= 11 is 0. The summed E-state index contributed by atoms with van der Waals surface area (Å²) in [6, 6.07) is 3.46. The van der Waals surface area contributed by atoms with Gasteiger partial charge in [0, 0.05) is 30.6 Å². The molecule has 3 N–H and O–H groups in total. The summed E-state index contributed by atoms with van der Waals surface area (Å²) < 4.78 is 8.18. The Labute approximate surface area is 235 Å². The number of hydrogen-bond acceptors (Lipinski definition) is 5. The second-order valence-corrected chi connectivity index (χ2v) is 13.6. The normalized spacial score (nSPS) is 32.4. The van der Waals surface area contributed by atoms with Crippen molar-refractivity contribution in [2.24, 2.45) is 35.6 Å². The lowest BCUT2D eigenvalue weighted by atomic mass is 9.70. The molecular formula is C31H42N4O5. The van der Waals surface area contributed by atoms with Gasteiger partial charge in [0.15, 0.2) is 0 Å². The Morgan fingerprint density at radius 3 is 2.48 bits per heavy atom. The number of nitrogens with zero attached hydrogens (tertiary/aromatic N) is 2. The maximum absolute atomic E-state index is 13.7. The van der Waals surface area contributed by atoms with Crippen LogP contribution in [0.1, 0.15) is 88.4 Å². The molecule has 0 unspecified atom stereocenters. The van der Waals surface area contributed by atoms with Gasteiger partial charge in [0.2, 0.25) is 5.91 Å². The summed E-state index contributed by atoms with van der Waals surface area (Å²) in [4.78, 5) is 38.7. The van der Waals surface area contributed by atoms with E-state index < -0.39 is 11.4 Å². The Balaban J connectivity index is 1.18. The summed E-state index contributed by atoms with van der Waals surface area (Å²) in [5.41, 5.74) is 0.796. The zero-order chi connectivity index (χ0) is 28.2. The minimum Gasteiger partial charge on any atom is -0.488 e. The fraction of sp³-hybridized carbons (Fsp3) is 0.677. The van der Waals surface area contributed by atoms with E-state index in [0.29, 0.717) is 55.4 Å². The van der Waals surface area contributed by atoms with Crippen molar-refractivity contribution in [2.75, 3.05) is 6.54 Å². The van der Waals surface area contributed by atoms with E-state index in [-0.39, 0.29) is 35.3 Å². The molecule has 0 aliphatic heterocycles. The Hall–Kier alpha value is -3.10. The molecule has 9 nitrogen and oxygen atoms in total. The van der Waals surface area contributed by atoms with Crippen molar-refractivity contribution in [1.82, 2.24) is 20.4 Å². The number of rotatable bonds is 8. The molecule has 2 amide bonds. The Bertz CT molecular complexity index is 1320. The number of carboxylic acid groups (broad SMARTS) is 1. The van der Waals surface area contributed by atoms with Crippen LogP contribution in [0.25, 0.3) is 10.9 Å². The van der Waals surface area contributed by atoms with Crippen LogP contribution in [-0.4, -0.2) is 51.4 Å². The second-order valence-electron chi connectivity index (χ2n) is 13.6. The molecule has 6 rings (SSSR count). The predicted molar refractivity (Wildman–Crippen MR) is 150 cm³/mol. The van der Waals surface area contributed by atoms with Crippen molar-refractivity contribution in [1.29, 1.82) is 0 Å². The van der Waals surface area contributed by atoms with Crippen molar-refractivity contribution >= 4 is 28.7 Å². The number of fused-ring (bicyclic) bond motifs is 3. The van der Waals surface area contributed by atoms with Gasteiger partial charge in [-0.2, -0.15) is 5.10 Å². The van der Waals surface area contributed by atoms with Crippen molar-refractivity contribution in [3.63, 3.8) is 0 Å². The third kappa shape index (κ3) is 4.85. The number of amides is 2. The summed E-state index contributed by atoms with van der Waals surface area (Å²) in [7, 11) is 1.85. The van der Waals surface area contributed by atoms with Crippen LogP contribution in [0.5, 0.6) is 5.75 Å². The Kier molecular flexibility index (Phi) is 6.82. The Morgan fingerprint density at radius 2 is 1.80 bits per heavy atom. The van der Waals surface area contributed by atoms with Gasteiger partial charge in [0.25, 0.3) is 5.91 Å². The summed E-state index contributed by atoms with van der Waals surface area (Å²) in [5.74, 6) is 0.183. The molecule has 0 spiro atoms. The van der Waals surface area contributed by atoms with Gasteiger partial charge in [0.1, 0.15) is 11.3 Å². The highest BCUT2D eigenvalue weighted by atomic mass is 16.5. The van der Waals surface area contributed by atoms with E-state index in [0.717, 1.165) is 43.0 Å². The third-order valence-corrected chi connectivity index (χ3v) is 10.7. The van der Waals surface area contributed by atoms with Gasteiger partial charge in [-0.05, 0) is 94.1 Å². The van der Waals surface area contributed by atoms with Crippen LogP contribution < -0.4 is 15.4 Å². The predicted octanol–water partition coefficient (Wildman–Crippen LogP) is 4.44. The van der Waals surface area contributed by atoms with Gasteiger partial charge >= 0.3 is 5.97 Å². The summed E-state index contributed by atoms with van der Waals surface area (Å²) in [5, 5.41) is 21.3. The van der Waals surface area contributed by atoms with Crippen molar-refractivity contribution in [3.8, 4) is 5.75 Å². The molecule has 4 atom stereocenters. The molecule has 2 bridgehead atoms. The topological polar surface area (TPSA) is 123 Å². The fourth-order valence-corrected chi connectivity index (χ4v) is 7.73. The van der Waals surface area contributed by atoms with Crippen LogP contribution in [0.15, 0.2) is 18.3 Å². The zero-order valence-electron chi connectivity index (χ0n) is 23.9. The molecule has 1 heterocycles. The quantitative estimate of drug-likeness (QED) is 0.447. The van der Waals surface area contributed by atoms with E-state index in [2.05, 4.69) is 22.7 Å². The molecule has 4 saturated carbocycles. The van der Waals surface area contributed by atoms with E-state index in [1.807, 2.05) is 13.1 Å². The molecule has 2 aromatic rings. The first-order valence-corrected chi connectivity index (χ1v) is 15.0. The third-order valence-electron chi connectivity index (χ3n) is 10.7.